The Kier molecular flexibility index (Phi) is 5.35. The smallest absolute Gasteiger partial charge is 0.243 e. The molecule has 1 aliphatic rings. The van der Waals surface area contributed by atoms with E-state index in [1.807, 2.05) is 39.1 Å². The molecule has 0 aliphatic carbocycles. The number of carbonyl (C=O) groups excluding carboxylic acids is 1. The lowest BCUT2D eigenvalue weighted by Crippen LogP contribution is -2.42. The topological polar surface area (TPSA) is 32.3 Å². The molecule has 18 heavy (non-hydrogen) atoms. The van der Waals surface area contributed by atoms with Crippen molar-refractivity contribution in [2.45, 2.75) is 32.7 Å². The number of rotatable bonds is 2. The van der Waals surface area contributed by atoms with Crippen LogP contribution in [0.2, 0.25) is 0 Å². The van der Waals surface area contributed by atoms with Gasteiger partial charge in [-0.2, -0.15) is 0 Å². The zero-order valence-electron chi connectivity index (χ0n) is 11.2. The van der Waals surface area contributed by atoms with Crippen LogP contribution in [0, 0.1) is 13.8 Å². The van der Waals surface area contributed by atoms with Crippen molar-refractivity contribution in [3.63, 3.8) is 0 Å². The molecular weight excluding hydrogens is 292 g/mol. The lowest BCUT2D eigenvalue weighted by Gasteiger charge is -2.24. The highest BCUT2D eigenvalue weighted by Crippen LogP contribution is 2.24. The molecular formula is C14H21BrN2O. The van der Waals surface area contributed by atoms with Gasteiger partial charge < -0.3 is 10.2 Å². The fraction of sp³-hybridized carbons (Fsp3) is 0.500. The molecule has 1 saturated heterocycles. The summed E-state index contributed by atoms with van der Waals surface area (Å²) in [6.07, 6.45) is 2.05. The van der Waals surface area contributed by atoms with Gasteiger partial charge in [-0.15, -0.1) is 17.0 Å². The predicted molar refractivity (Wildman–Crippen MR) is 80.7 cm³/mol. The number of aryl methyl sites for hydroxylation is 2. The molecule has 1 aromatic rings. The molecule has 0 radical (unpaired) electrons. The van der Waals surface area contributed by atoms with Gasteiger partial charge in [0.05, 0.1) is 6.04 Å². The van der Waals surface area contributed by atoms with Gasteiger partial charge in [-0.25, -0.2) is 0 Å². The number of carbonyl (C=O) groups is 1. The second-order valence-electron chi connectivity index (χ2n) is 4.79. The van der Waals surface area contributed by atoms with Crippen LogP contribution in [0.15, 0.2) is 18.2 Å². The first-order chi connectivity index (χ1) is 8.11. The van der Waals surface area contributed by atoms with Crippen molar-refractivity contribution in [2.24, 2.45) is 0 Å². The molecule has 1 aromatic carbocycles. The zero-order chi connectivity index (χ0) is 12.4. The fourth-order valence-corrected chi connectivity index (χ4v) is 2.57. The monoisotopic (exact) mass is 312 g/mol. The van der Waals surface area contributed by atoms with Crippen LogP contribution in [0.4, 0.5) is 5.69 Å². The third-order valence-corrected chi connectivity index (χ3v) is 3.46. The van der Waals surface area contributed by atoms with Crippen molar-refractivity contribution in [3.8, 4) is 0 Å². The number of amides is 1. The Hall–Kier alpha value is -0.870. The SMILES string of the molecule is Br.Cc1cccc(C)c1N(C)C(=O)[C@@H]1CCCN1. The first kappa shape index (κ1) is 15.2. The molecule has 1 aliphatic heterocycles. The van der Waals surface area contributed by atoms with Crippen LogP contribution in [-0.4, -0.2) is 25.5 Å². The maximum Gasteiger partial charge on any atom is 0.243 e. The van der Waals surface area contributed by atoms with Crippen LogP contribution >= 0.6 is 17.0 Å². The molecule has 100 valence electrons. The number of nitrogens with one attached hydrogen (secondary N) is 1. The van der Waals surface area contributed by atoms with Crippen LogP contribution in [0.25, 0.3) is 0 Å². The number of benzene rings is 1. The van der Waals surface area contributed by atoms with E-state index in [1.54, 1.807) is 4.90 Å². The van der Waals surface area contributed by atoms with Crippen molar-refractivity contribution in [2.75, 3.05) is 18.5 Å². The van der Waals surface area contributed by atoms with Gasteiger partial charge in [0.2, 0.25) is 5.91 Å². The van der Waals surface area contributed by atoms with Crippen molar-refractivity contribution in [1.82, 2.24) is 5.32 Å². The van der Waals surface area contributed by atoms with Gasteiger partial charge in [-0.1, -0.05) is 18.2 Å². The van der Waals surface area contributed by atoms with Crippen LogP contribution in [0.1, 0.15) is 24.0 Å². The van der Waals surface area contributed by atoms with E-state index in [1.165, 1.54) is 0 Å². The Balaban J connectivity index is 0.00000162. The van der Waals surface area contributed by atoms with Crippen molar-refractivity contribution in [3.05, 3.63) is 29.3 Å². The Labute approximate surface area is 119 Å². The van der Waals surface area contributed by atoms with Gasteiger partial charge in [-0.3, -0.25) is 4.79 Å². The van der Waals surface area contributed by atoms with Crippen LogP contribution in [-0.2, 0) is 4.79 Å². The fourth-order valence-electron chi connectivity index (χ4n) is 2.57. The van der Waals surface area contributed by atoms with Crippen LogP contribution in [0.3, 0.4) is 0 Å². The first-order valence-corrected chi connectivity index (χ1v) is 6.18. The van der Waals surface area contributed by atoms with Crippen LogP contribution in [0.5, 0.6) is 0 Å². The van der Waals surface area contributed by atoms with Gasteiger partial charge >= 0.3 is 0 Å². The van der Waals surface area contributed by atoms with E-state index in [0.717, 1.165) is 36.2 Å². The minimum absolute atomic E-state index is 0. The second kappa shape index (κ2) is 6.34. The lowest BCUT2D eigenvalue weighted by molar-refractivity contribution is -0.119. The standard InChI is InChI=1S/C14H20N2O.BrH/c1-10-6-4-7-11(2)13(10)16(3)14(17)12-8-5-9-15-12;/h4,6-7,12,15H,5,8-9H2,1-3H3;1H/t12-;/m0./s1. The summed E-state index contributed by atoms with van der Waals surface area (Å²) in [7, 11) is 1.87. The van der Waals surface area contributed by atoms with Crippen molar-refractivity contribution in [1.29, 1.82) is 0 Å². The quantitative estimate of drug-likeness (QED) is 0.910. The molecule has 1 atom stereocenters. The van der Waals surface area contributed by atoms with Gasteiger partial charge in [0, 0.05) is 12.7 Å². The van der Waals surface area contributed by atoms with Crippen molar-refractivity contribution >= 4 is 28.6 Å². The maximum atomic E-state index is 12.3. The number of halogens is 1. The van der Waals surface area contributed by atoms with Crippen molar-refractivity contribution < 1.29 is 4.79 Å². The van der Waals surface area contributed by atoms with E-state index in [4.69, 9.17) is 0 Å². The molecule has 3 nitrogen and oxygen atoms in total. The second-order valence-corrected chi connectivity index (χ2v) is 4.79. The molecule has 2 rings (SSSR count). The maximum absolute atomic E-state index is 12.3. The van der Waals surface area contributed by atoms with E-state index in [2.05, 4.69) is 5.32 Å². The van der Waals surface area contributed by atoms with Gasteiger partial charge in [0.25, 0.3) is 0 Å². The highest BCUT2D eigenvalue weighted by molar-refractivity contribution is 8.93. The predicted octanol–water partition coefficient (Wildman–Crippen LogP) is 2.60. The van der Waals surface area contributed by atoms with Crippen LogP contribution < -0.4 is 10.2 Å². The number of hydrogen-bond acceptors (Lipinski definition) is 2. The largest absolute Gasteiger partial charge is 0.314 e. The third kappa shape index (κ3) is 2.93. The Bertz CT molecular complexity index is 408. The summed E-state index contributed by atoms with van der Waals surface area (Å²) >= 11 is 0. The molecule has 0 spiro atoms. The molecule has 1 fully saturated rings. The number of anilines is 1. The number of para-hydroxylation sites is 1. The molecule has 0 aromatic heterocycles. The highest BCUT2D eigenvalue weighted by atomic mass is 79.9. The molecule has 1 heterocycles. The number of likely N-dealkylation sites (N-methyl/N-ethyl adjacent to an activating group) is 1. The summed E-state index contributed by atoms with van der Waals surface area (Å²) < 4.78 is 0. The van der Waals surface area contributed by atoms with Gasteiger partial charge in [0.1, 0.15) is 0 Å². The summed E-state index contributed by atoms with van der Waals surface area (Å²) in [6, 6.07) is 6.13. The third-order valence-electron chi connectivity index (χ3n) is 3.46. The molecule has 0 unspecified atom stereocenters. The lowest BCUT2D eigenvalue weighted by atomic mass is 10.1. The number of nitrogens with zero attached hydrogens (tertiary/aromatic N) is 1. The average molecular weight is 313 g/mol. The zero-order valence-corrected chi connectivity index (χ0v) is 12.9. The van der Waals surface area contributed by atoms with E-state index < -0.39 is 0 Å². The summed E-state index contributed by atoms with van der Waals surface area (Å²) in [6.45, 7) is 5.05. The normalized spacial score (nSPS) is 18.3. The Morgan fingerprint density at radius 3 is 2.44 bits per heavy atom. The average Bonchev–Trinajstić information content (AvgIpc) is 2.81. The minimum Gasteiger partial charge on any atom is -0.314 e. The molecule has 4 heteroatoms. The van der Waals surface area contributed by atoms with E-state index in [-0.39, 0.29) is 28.9 Å². The van der Waals surface area contributed by atoms with E-state index in [9.17, 15) is 4.79 Å². The van der Waals surface area contributed by atoms with E-state index >= 15 is 0 Å². The minimum atomic E-state index is -0.000920. The highest BCUT2D eigenvalue weighted by Gasteiger charge is 2.26. The molecule has 0 bridgehead atoms. The Morgan fingerprint density at radius 1 is 1.33 bits per heavy atom. The summed E-state index contributed by atoms with van der Waals surface area (Å²) in [4.78, 5) is 14.1. The number of hydrogen-bond donors (Lipinski definition) is 1. The first-order valence-electron chi connectivity index (χ1n) is 6.18. The van der Waals surface area contributed by atoms with Gasteiger partial charge in [-0.05, 0) is 44.4 Å². The molecule has 1 N–H and O–H groups in total. The molecule has 0 saturated carbocycles. The van der Waals surface area contributed by atoms with E-state index in [0.29, 0.717) is 0 Å². The van der Waals surface area contributed by atoms with Gasteiger partial charge in [0.15, 0.2) is 0 Å². The Morgan fingerprint density at radius 2 is 1.94 bits per heavy atom. The molecule has 1 amide bonds. The summed E-state index contributed by atoms with van der Waals surface area (Å²) in [5.74, 6) is 0.180. The summed E-state index contributed by atoms with van der Waals surface area (Å²) in [5, 5.41) is 3.25. The summed E-state index contributed by atoms with van der Waals surface area (Å²) in [5.41, 5.74) is 3.35.